The molecular formula is C26H19BrClNO3. The fourth-order valence-electron chi connectivity index (χ4n) is 4.22. The first kappa shape index (κ1) is 21.0. The van der Waals surface area contributed by atoms with E-state index in [9.17, 15) is 9.59 Å². The summed E-state index contributed by atoms with van der Waals surface area (Å²) in [5, 5.41) is 0.941. The number of anilines is 1. The first-order valence-corrected chi connectivity index (χ1v) is 11.5. The molecule has 32 heavy (non-hydrogen) atoms. The Balaban J connectivity index is 1.79. The van der Waals surface area contributed by atoms with Crippen LogP contribution in [0, 0.1) is 0 Å². The second-order valence-corrected chi connectivity index (χ2v) is 9.55. The third-order valence-electron chi connectivity index (χ3n) is 5.84. The summed E-state index contributed by atoms with van der Waals surface area (Å²) >= 11 is 9.66. The minimum absolute atomic E-state index is 0.0720. The molecule has 0 radical (unpaired) electrons. The van der Waals surface area contributed by atoms with Crippen LogP contribution in [-0.2, 0) is 0 Å². The summed E-state index contributed by atoms with van der Waals surface area (Å²) in [5.74, 6) is 0.0850. The predicted octanol–water partition coefficient (Wildman–Crippen LogP) is 7.08. The van der Waals surface area contributed by atoms with Gasteiger partial charge in [0, 0.05) is 15.2 Å². The monoisotopic (exact) mass is 507 g/mol. The molecule has 0 aliphatic carbocycles. The first-order valence-electron chi connectivity index (χ1n) is 10.3. The van der Waals surface area contributed by atoms with Crippen molar-refractivity contribution in [2.24, 2.45) is 0 Å². The van der Waals surface area contributed by atoms with Crippen molar-refractivity contribution in [3.05, 3.63) is 109 Å². The topological polar surface area (TPSA) is 50.5 Å². The second-order valence-electron chi connectivity index (χ2n) is 8.19. The van der Waals surface area contributed by atoms with Gasteiger partial charge >= 0.3 is 0 Å². The standard InChI is InChI=1S/C26H19BrClNO3/c1-14(2)15-6-8-16(9-7-15)23-22-24(30)20-12-17(27)10-11-21(20)32-25(22)26(31)29(23)19-5-3-4-18(28)13-19/h3-14,23H,1-2H3. The van der Waals surface area contributed by atoms with Crippen molar-refractivity contribution in [1.29, 1.82) is 0 Å². The Bertz CT molecular complexity index is 1430. The van der Waals surface area contributed by atoms with Crippen LogP contribution in [0.25, 0.3) is 11.0 Å². The maximum atomic E-state index is 13.6. The molecule has 2 heterocycles. The van der Waals surface area contributed by atoms with E-state index in [-0.39, 0.29) is 17.1 Å². The van der Waals surface area contributed by atoms with Gasteiger partial charge in [-0.1, -0.05) is 71.7 Å². The van der Waals surface area contributed by atoms with E-state index < -0.39 is 6.04 Å². The molecule has 1 aromatic heterocycles. The zero-order valence-corrected chi connectivity index (χ0v) is 19.8. The van der Waals surface area contributed by atoms with E-state index in [1.807, 2.05) is 30.3 Å². The molecule has 0 N–H and O–H groups in total. The SMILES string of the molecule is CC(C)c1ccc(C2c3c(oc4ccc(Br)cc4c3=O)C(=O)N2c2cccc(Cl)c2)cc1. The van der Waals surface area contributed by atoms with Gasteiger partial charge < -0.3 is 4.42 Å². The fraction of sp³-hybridized carbons (Fsp3) is 0.154. The predicted molar refractivity (Wildman–Crippen MR) is 131 cm³/mol. The van der Waals surface area contributed by atoms with E-state index in [1.54, 1.807) is 41.3 Å². The minimum Gasteiger partial charge on any atom is -0.450 e. The number of carbonyl (C=O) groups excluding carboxylic acids is 1. The fourth-order valence-corrected chi connectivity index (χ4v) is 4.76. The molecule has 1 atom stereocenters. The average Bonchev–Trinajstić information content (AvgIpc) is 3.07. The van der Waals surface area contributed by atoms with Gasteiger partial charge in [0.05, 0.1) is 17.0 Å². The second kappa shape index (κ2) is 7.91. The number of amides is 1. The van der Waals surface area contributed by atoms with Crippen LogP contribution >= 0.6 is 27.5 Å². The number of fused-ring (bicyclic) bond motifs is 2. The van der Waals surface area contributed by atoms with Crippen LogP contribution in [0.1, 0.15) is 53.1 Å². The van der Waals surface area contributed by atoms with Gasteiger partial charge in [-0.15, -0.1) is 0 Å². The van der Waals surface area contributed by atoms with Gasteiger partial charge in [-0.25, -0.2) is 0 Å². The molecule has 1 amide bonds. The molecule has 6 heteroatoms. The normalized spacial score (nSPS) is 15.6. The number of halogens is 2. The average molecular weight is 509 g/mol. The van der Waals surface area contributed by atoms with Crippen molar-refractivity contribution < 1.29 is 9.21 Å². The number of benzene rings is 3. The van der Waals surface area contributed by atoms with Crippen LogP contribution in [0.3, 0.4) is 0 Å². The summed E-state index contributed by atoms with van der Waals surface area (Å²) in [6.45, 7) is 4.25. The van der Waals surface area contributed by atoms with Gasteiger partial charge in [-0.3, -0.25) is 14.5 Å². The summed E-state index contributed by atoms with van der Waals surface area (Å²) in [5.41, 5.74) is 3.14. The molecule has 4 nitrogen and oxygen atoms in total. The highest BCUT2D eigenvalue weighted by molar-refractivity contribution is 9.10. The van der Waals surface area contributed by atoms with E-state index in [4.69, 9.17) is 16.0 Å². The van der Waals surface area contributed by atoms with Gasteiger partial charge in [0.1, 0.15) is 5.58 Å². The highest BCUT2D eigenvalue weighted by Crippen LogP contribution is 2.42. The van der Waals surface area contributed by atoms with E-state index in [2.05, 4.69) is 29.8 Å². The molecule has 5 rings (SSSR count). The molecule has 0 bridgehead atoms. The van der Waals surface area contributed by atoms with Gasteiger partial charge in [-0.05, 0) is 53.4 Å². The molecule has 1 unspecified atom stereocenters. The van der Waals surface area contributed by atoms with Crippen LogP contribution in [0.2, 0.25) is 5.02 Å². The maximum absolute atomic E-state index is 13.6. The van der Waals surface area contributed by atoms with Crippen LogP contribution in [0.15, 0.2) is 80.4 Å². The number of hydrogen-bond acceptors (Lipinski definition) is 3. The van der Waals surface area contributed by atoms with Crippen LogP contribution in [0.4, 0.5) is 5.69 Å². The quantitative estimate of drug-likeness (QED) is 0.297. The molecule has 1 aliphatic heterocycles. The number of nitrogens with zero attached hydrogens (tertiary/aromatic N) is 1. The summed E-state index contributed by atoms with van der Waals surface area (Å²) < 4.78 is 6.77. The lowest BCUT2D eigenvalue weighted by Crippen LogP contribution is -2.29. The summed E-state index contributed by atoms with van der Waals surface area (Å²) in [6.07, 6.45) is 0. The molecule has 0 fully saturated rings. The van der Waals surface area contributed by atoms with E-state index >= 15 is 0 Å². The summed E-state index contributed by atoms with van der Waals surface area (Å²) in [4.78, 5) is 28.8. The molecular weight excluding hydrogens is 490 g/mol. The Morgan fingerprint density at radius 1 is 1.00 bits per heavy atom. The number of carbonyl (C=O) groups is 1. The zero-order chi connectivity index (χ0) is 22.6. The molecule has 0 saturated heterocycles. The molecule has 160 valence electrons. The van der Waals surface area contributed by atoms with Crippen molar-refractivity contribution in [3.8, 4) is 0 Å². The van der Waals surface area contributed by atoms with Crippen LogP contribution in [-0.4, -0.2) is 5.91 Å². The van der Waals surface area contributed by atoms with Crippen molar-refractivity contribution in [2.75, 3.05) is 4.90 Å². The van der Waals surface area contributed by atoms with Crippen LogP contribution in [0.5, 0.6) is 0 Å². The lowest BCUT2D eigenvalue weighted by molar-refractivity contribution is 0.0971. The van der Waals surface area contributed by atoms with Gasteiger partial charge in [0.25, 0.3) is 5.91 Å². The summed E-state index contributed by atoms with van der Waals surface area (Å²) in [6, 6.07) is 19.7. The number of rotatable bonds is 3. The lowest BCUT2D eigenvalue weighted by atomic mass is 9.95. The van der Waals surface area contributed by atoms with Crippen molar-refractivity contribution in [2.45, 2.75) is 25.8 Å². The van der Waals surface area contributed by atoms with E-state index in [1.165, 1.54) is 5.56 Å². The third kappa shape index (κ3) is 3.37. The largest absolute Gasteiger partial charge is 0.450 e. The van der Waals surface area contributed by atoms with Crippen LogP contribution < -0.4 is 10.3 Å². The summed E-state index contributed by atoms with van der Waals surface area (Å²) in [7, 11) is 0. The first-order chi connectivity index (χ1) is 15.3. The number of hydrogen-bond donors (Lipinski definition) is 0. The smallest absolute Gasteiger partial charge is 0.295 e. The van der Waals surface area contributed by atoms with Gasteiger partial charge in [0.15, 0.2) is 5.43 Å². The molecule has 4 aromatic rings. The third-order valence-corrected chi connectivity index (χ3v) is 6.57. The Labute approximate surface area is 198 Å². The molecule has 1 aliphatic rings. The maximum Gasteiger partial charge on any atom is 0.295 e. The van der Waals surface area contributed by atoms with E-state index in [0.717, 1.165) is 10.0 Å². The van der Waals surface area contributed by atoms with Gasteiger partial charge in [0.2, 0.25) is 5.76 Å². The highest BCUT2D eigenvalue weighted by atomic mass is 79.9. The minimum atomic E-state index is -0.614. The zero-order valence-electron chi connectivity index (χ0n) is 17.4. The Morgan fingerprint density at radius 2 is 1.75 bits per heavy atom. The van der Waals surface area contributed by atoms with Gasteiger partial charge in [-0.2, -0.15) is 0 Å². The molecule has 3 aromatic carbocycles. The Morgan fingerprint density at radius 3 is 2.44 bits per heavy atom. The molecule has 0 spiro atoms. The van der Waals surface area contributed by atoms with Crippen molar-refractivity contribution >= 4 is 50.1 Å². The Hall–Kier alpha value is -2.89. The lowest BCUT2D eigenvalue weighted by Gasteiger charge is -2.25. The van der Waals surface area contributed by atoms with Crippen molar-refractivity contribution in [1.82, 2.24) is 0 Å². The van der Waals surface area contributed by atoms with Crippen molar-refractivity contribution in [3.63, 3.8) is 0 Å². The highest BCUT2D eigenvalue weighted by Gasteiger charge is 2.43. The molecule has 0 saturated carbocycles. The Kier molecular flexibility index (Phi) is 5.19. The van der Waals surface area contributed by atoms with E-state index in [0.29, 0.717) is 33.2 Å².